The number of carboxylic acids is 1. The second-order valence-corrected chi connectivity index (χ2v) is 6.51. The summed E-state index contributed by atoms with van der Waals surface area (Å²) >= 11 is 0. The highest BCUT2D eigenvalue weighted by Gasteiger charge is 2.36. The molecule has 25 heavy (non-hydrogen) atoms. The number of carbonyl (C=O) groups is 2. The fourth-order valence-electron chi connectivity index (χ4n) is 3.31. The summed E-state index contributed by atoms with van der Waals surface area (Å²) in [5.74, 6) is -1.82. The van der Waals surface area contributed by atoms with Gasteiger partial charge in [0.25, 0.3) is 11.5 Å². The molecule has 1 aliphatic rings. The highest BCUT2D eigenvalue weighted by Crippen LogP contribution is 2.25. The largest absolute Gasteiger partial charge is 0.481 e. The van der Waals surface area contributed by atoms with E-state index in [1.807, 2.05) is 19.1 Å². The zero-order valence-corrected chi connectivity index (χ0v) is 14.2. The molecule has 0 bridgehead atoms. The van der Waals surface area contributed by atoms with Crippen molar-refractivity contribution in [3.8, 4) is 5.69 Å². The van der Waals surface area contributed by atoms with Gasteiger partial charge in [-0.05, 0) is 38.8 Å². The van der Waals surface area contributed by atoms with Crippen molar-refractivity contribution in [1.29, 1.82) is 0 Å². The SMILES string of the molecule is Cc1ccc(-n2[nH]c(C(=O)N3CCC[C@@H](C(=O)O)[C@H]3C)cc2=O)cc1. The molecule has 1 saturated heterocycles. The summed E-state index contributed by atoms with van der Waals surface area (Å²) in [5, 5.41) is 12.1. The first-order chi connectivity index (χ1) is 11.9. The van der Waals surface area contributed by atoms with Crippen LogP contribution in [0.15, 0.2) is 35.1 Å². The minimum atomic E-state index is -0.893. The van der Waals surface area contributed by atoms with E-state index in [0.717, 1.165) is 5.56 Å². The Kier molecular flexibility index (Phi) is 4.48. The van der Waals surface area contributed by atoms with E-state index in [1.54, 1.807) is 19.1 Å². The lowest BCUT2D eigenvalue weighted by Crippen LogP contribution is -2.49. The summed E-state index contributed by atoms with van der Waals surface area (Å²) in [7, 11) is 0. The number of nitrogens with zero attached hydrogens (tertiary/aromatic N) is 2. The molecule has 1 aliphatic heterocycles. The van der Waals surface area contributed by atoms with Crippen LogP contribution in [0.3, 0.4) is 0 Å². The summed E-state index contributed by atoms with van der Waals surface area (Å²) in [6.07, 6.45) is 1.19. The molecule has 7 nitrogen and oxygen atoms in total. The molecule has 1 aromatic heterocycles. The van der Waals surface area contributed by atoms with Crippen molar-refractivity contribution in [3.63, 3.8) is 0 Å². The lowest BCUT2D eigenvalue weighted by atomic mass is 9.90. The first-order valence-electron chi connectivity index (χ1n) is 8.31. The van der Waals surface area contributed by atoms with Crippen molar-refractivity contribution in [2.24, 2.45) is 5.92 Å². The normalized spacial score (nSPS) is 20.5. The second-order valence-electron chi connectivity index (χ2n) is 6.51. The molecule has 0 spiro atoms. The topological polar surface area (TPSA) is 95.4 Å². The van der Waals surface area contributed by atoms with Crippen LogP contribution in [0.2, 0.25) is 0 Å². The van der Waals surface area contributed by atoms with E-state index in [0.29, 0.717) is 25.1 Å². The van der Waals surface area contributed by atoms with Gasteiger partial charge in [-0.25, -0.2) is 4.68 Å². The number of aryl methyl sites for hydroxylation is 1. The zero-order chi connectivity index (χ0) is 18.1. The Morgan fingerprint density at radius 2 is 1.92 bits per heavy atom. The van der Waals surface area contributed by atoms with E-state index in [-0.39, 0.29) is 17.2 Å². The maximum absolute atomic E-state index is 12.8. The first-order valence-corrected chi connectivity index (χ1v) is 8.31. The maximum Gasteiger partial charge on any atom is 0.308 e. The monoisotopic (exact) mass is 343 g/mol. The molecule has 0 radical (unpaired) electrons. The van der Waals surface area contributed by atoms with Crippen LogP contribution in [0.1, 0.15) is 35.8 Å². The fourth-order valence-corrected chi connectivity index (χ4v) is 3.31. The molecule has 0 aliphatic carbocycles. The van der Waals surface area contributed by atoms with Crippen LogP contribution in [-0.2, 0) is 4.79 Å². The number of nitrogens with one attached hydrogen (secondary N) is 1. The average Bonchev–Trinajstić information content (AvgIpc) is 2.97. The van der Waals surface area contributed by atoms with Gasteiger partial charge in [0, 0.05) is 18.7 Å². The summed E-state index contributed by atoms with van der Waals surface area (Å²) < 4.78 is 1.32. The first kappa shape index (κ1) is 17.0. The van der Waals surface area contributed by atoms with E-state index >= 15 is 0 Å². The number of hydrogen-bond donors (Lipinski definition) is 2. The third-order valence-corrected chi connectivity index (χ3v) is 4.81. The number of aromatic amines is 1. The zero-order valence-electron chi connectivity index (χ0n) is 14.2. The van der Waals surface area contributed by atoms with Gasteiger partial charge in [-0.1, -0.05) is 17.7 Å². The number of benzene rings is 1. The number of amides is 1. The van der Waals surface area contributed by atoms with Crippen LogP contribution < -0.4 is 5.56 Å². The highest BCUT2D eigenvalue weighted by molar-refractivity contribution is 5.93. The van der Waals surface area contributed by atoms with E-state index in [9.17, 15) is 19.5 Å². The van der Waals surface area contributed by atoms with E-state index < -0.39 is 17.9 Å². The Hall–Kier alpha value is -2.83. The predicted molar refractivity (Wildman–Crippen MR) is 92.0 cm³/mol. The van der Waals surface area contributed by atoms with Crippen LogP contribution in [0.5, 0.6) is 0 Å². The standard InChI is InChI=1S/C18H21N3O4/c1-11-5-7-13(8-6-11)21-16(22)10-15(19-21)17(23)20-9-3-4-14(12(20)2)18(24)25/h5-8,10,12,14,19H,3-4,9H2,1-2H3,(H,24,25)/t12-,14-/m1/s1. The molecule has 1 fully saturated rings. The van der Waals surface area contributed by atoms with Crippen LogP contribution >= 0.6 is 0 Å². The van der Waals surface area contributed by atoms with Gasteiger partial charge in [0.15, 0.2) is 0 Å². The van der Waals surface area contributed by atoms with Gasteiger partial charge < -0.3 is 10.0 Å². The molecule has 0 saturated carbocycles. The number of aliphatic carboxylic acids is 1. The number of likely N-dealkylation sites (tertiary alicyclic amines) is 1. The summed E-state index contributed by atoms with van der Waals surface area (Å²) in [6.45, 7) is 4.18. The minimum Gasteiger partial charge on any atom is -0.481 e. The molecule has 3 rings (SSSR count). The highest BCUT2D eigenvalue weighted by atomic mass is 16.4. The Morgan fingerprint density at radius 3 is 2.56 bits per heavy atom. The smallest absolute Gasteiger partial charge is 0.308 e. The molecule has 2 atom stereocenters. The Morgan fingerprint density at radius 1 is 1.24 bits per heavy atom. The number of hydrogen-bond acceptors (Lipinski definition) is 3. The molecule has 2 N–H and O–H groups in total. The van der Waals surface area contributed by atoms with E-state index in [4.69, 9.17) is 0 Å². The predicted octanol–water partition coefficient (Wildman–Crippen LogP) is 1.80. The minimum absolute atomic E-state index is 0.170. The van der Waals surface area contributed by atoms with Crippen LogP contribution in [0, 0.1) is 12.8 Å². The summed E-state index contributed by atoms with van der Waals surface area (Å²) in [4.78, 5) is 37.9. The molecule has 0 unspecified atom stereocenters. The Balaban J connectivity index is 1.88. The Labute approximate surface area is 144 Å². The third-order valence-electron chi connectivity index (χ3n) is 4.81. The lowest BCUT2D eigenvalue weighted by molar-refractivity contribution is -0.144. The van der Waals surface area contributed by atoms with Crippen molar-refractivity contribution >= 4 is 11.9 Å². The summed E-state index contributed by atoms with van der Waals surface area (Å²) in [5.41, 5.74) is 1.56. The number of carboxylic acid groups (broad SMARTS) is 1. The molecular weight excluding hydrogens is 322 g/mol. The van der Waals surface area contributed by atoms with Gasteiger partial charge >= 0.3 is 5.97 Å². The third kappa shape index (κ3) is 3.22. The molecular formula is C18H21N3O4. The molecule has 1 amide bonds. The van der Waals surface area contributed by atoms with Gasteiger partial charge in [-0.15, -0.1) is 0 Å². The quantitative estimate of drug-likeness (QED) is 0.888. The van der Waals surface area contributed by atoms with Crippen LogP contribution in [-0.4, -0.2) is 44.3 Å². The van der Waals surface area contributed by atoms with Gasteiger partial charge in [-0.3, -0.25) is 19.5 Å². The number of H-pyrrole nitrogens is 1. The van der Waals surface area contributed by atoms with Crippen molar-refractivity contribution in [2.45, 2.75) is 32.7 Å². The van der Waals surface area contributed by atoms with Crippen molar-refractivity contribution < 1.29 is 14.7 Å². The van der Waals surface area contributed by atoms with Crippen LogP contribution in [0.25, 0.3) is 5.69 Å². The number of piperidine rings is 1. The molecule has 1 aromatic carbocycles. The maximum atomic E-state index is 12.8. The van der Waals surface area contributed by atoms with Crippen molar-refractivity contribution in [2.75, 3.05) is 6.54 Å². The Bertz CT molecular complexity index is 850. The lowest BCUT2D eigenvalue weighted by Gasteiger charge is -2.37. The molecule has 2 aromatic rings. The number of rotatable bonds is 3. The van der Waals surface area contributed by atoms with Crippen LogP contribution in [0.4, 0.5) is 0 Å². The fraction of sp³-hybridized carbons (Fsp3) is 0.389. The van der Waals surface area contributed by atoms with E-state index in [1.165, 1.54) is 15.6 Å². The van der Waals surface area contributed by atoms with Gasteiger partial charge in [0.1, 0.15) is 5.69 Å². The summed E-state index contributed by atoms with van der Waals surface area (Å²) in [6, 6.07) is 8.21. The van der Waals surface area contributed by atoms with Crippen molar-refractivity contribution in [1.82, 2.24) is 14.7 Å². The van der Waals surface area contributed by atoms with E-state index in [2.05, 4.69) is 5.10 Å². The second kappa shape index (κ2) is 6.58. The molecule has 2 heterocycles. The number of carbonyl (C=O) groups excluding carboxylic acids is 1. The van der Waals surface area contributed by atoms with Gasteiger partial charge in [0.05, 0.1) is 11.6 Å². The average molecular weight is 343 g/mol. The van der Waals surface area contributed by atoms with Crippen molar-refractivity contribution in [3.05, 3.63) is 51.9 Å². The number of aromatic nitrogens is 2. The van der Waals surface area contributed by atoms with Gasteiger partial charge in [0.2, 0.25) is 0 Å². The molecule has 7 heteroatoms. The van der Waals surface area contributed by atoms with Gasteiger partial charge in [-0.2, -0.15) is 0 Å². The molecule has 132 valence electrons.